The molecular formula is C24H25F3N4O4S2. The molecule has 13 heteroatoms. The number of hydrogen-bond donors (Lipinski definition) is 2. The van der Waals surface area contributed by atoms with E-state index in [0.717, 1.165) is 10.8 Å². The molecule has 0 amide bonds. The SMILES string of the molecule is CS(=O)(=O)c1ccc(NCC#Cc2cc3c(NC4CCS(=O)(=O)CC4)cccc3n2CC(F)(F)F)nc1. The predicted octanol–water partition coefficient (Wildman–Crippen LogP) is 3.45. The number of sulfone groups is 2. The number of aromatic nitrogens is 2. The van der Waals surface area contributed by atoms with Gasteiger partial charge in [0.2, 0.25) is 0 Å². The molecular weight excluding hydrogens is 529 g/mol. The topological polar surface area (TPSA) is 110 Å². The van der Waals surface area contributed by atoms with Crippen LogP contribution < -0.4 is 10.6 Å². The lowest BCUT2D eigenvalue weighted by molar-refractivity contribution is -0.140. The number of fused-ring (bicyclic) bond motifs is 1. The third kappa shape index (κ3) is 6.95. The molecule has 0 unspecified atom stereocenters. The third-order valence-electron chi connectivity index (χ3n) is 5.94. The van der Waals surface area contributed by atoms with Crippen LogP contribution in [0.4, 0.5) is 24.7 Å². The van der Waals surface area contributed by atoms with Crippen molar-refractivity contribution in [3.63, 3.8) is 0 Å². The Bertz CT molecular complexity index is 1560. The first-order valence-corrected chi connectivity index (χ1v) is 15.1. The van der Waals surface area contributed by atoms with Crippen LogP contribution >= 0.6 is 0 Å². The Morgan fingerprint density at radius 3 is 2.51 bits per heavy atom. The molecule has 0 bridgehead atoms. The Labute approximate surface area is 213 Å². The number of rotatable bonds is 6. The average molecular weight is 555 g/mol. The smallest absolute Gasteiger partial charge is 0.382 e. The third-order valence-corrected chi connectivity index (χ3v) is 8.75. The zero-order valence-corrected chi connectivity index (χ0v) is 21.5. The minimum atomic E-state index is -4.47. The van der Waals surface area contributed by atoms with Crippen molar-refractivity contribution in [1.82, 2.24) is 9.55 Å². The second-order valence-electron chi connectivity index (χ2n) is 8.85. The molecule has 37 heavy (non-hydrogen) atoms. The van der Waals surface area contributed by atoms with Gasteiger partial charge < -0.3 is 15.2 Å². The van der Waals surface area contributed by atoms with Crippen LogP contribution in [0, 0.1) is 11.8 Å². The summed E-state index contributed by atoms with van der Waals surface area (Å²) >= 11 is 0. The maximum Gasteiger partial charge on any atom is 0.406 e. The van der Waals surface area contributed by atoms with E-state index in [1.54, 1.807) is 24.3 Å². The number of anilines is 2. The summed E-state index contributed by atoms with van der Waals surface area (Å²) < 4.78 is 87.8. The lowest BCUT2D eigenvalue weighted by Gasteiger charge is -2.24. The fourth-order valence-electron chi connectivity index (χ4n) is 4.09. The molecule has 0 radical (unpaired) electrons. The molecule has 8 nitrogen and oxygen atoms in total. The van der Waals surface area contributed by atoms with Crippen LogP contribution in [0.2, 0.25) is 0 Å². The number of halogens is 3. The van der Waals surface area contributed by atoms with Gasteiger partial charge in [-0.2, -0.15) is 13.2 Å². The number of nitrogens with one attached hydrogen (secondary N) is 2. The molecule has 1 aliphatic heterocycles. The van der Waals surface area contributed by atoms with Crippen LogP contribution in [0.15, 0.2) is 47.5 Å². The molecule has 0 atom stereocenters. The molecule has 3 heterocycles. The quantitative estimate of drug-likeness (QED) is 0.449. The van der Waals surface area contributed by atoms with Crippen molar-refractivity contribution in [2.45, 2.75) is 36.5 Å². The van der Waals surface area contributed by atoms with Crippen molar-refractivity contribution in [1.29, 1.82) is 0 Å². The molecule has 1 aromatic carbocycles. The van der Waals surface area contributed by atoms with E-state index in [1.165, 1.54) is 18.3 Å². The van der Waals surface area contributed by atoms with Gasteiger partial charge in [-0.25, -0.2) is 21.8 Å². The number of alkyl halides is 3. The fraction of sp³-hybridized carbons (Fsp3) is 0.375. The molecule has 4 rings (SSSR count). The van der Waals surface area contributed by atoms with Crippen LogP contribution in [-0.4, -0.2) is 62.9 Å². The van der Waals surface area contributed by atoms with Crippen LogP contribution in [0.5, 0.6) is 0 Å². The summed E-state index contributed by atoms with van der Waals surface area (Å²) in [5.41, 5.74) is 1.16. The molecule has 1 aliphatic rings. The lowest BCUT2D eigenvalue weighted by Crippen LogP contribution is -2.32. The zero-order chi connectivity index (χ0) is 26.8. The molecule has 0 aliphatic carbocycles. The summed E-state index contributed by atoms with van der Waals surface area (Å²) in [7, 11) is -6.42. The Hall–Kier alpha value is -3.24. The number of hydrogen-bond acceptors (Lipinski definition) is 7. The van der Waals surface area contributed by atoms with Gasteiger partial charge in [0.05, 0.1) is 34.2 Å². The van der Waals surface area contributed by atoms with Crippen molar-refractivity contribution in [2.24, 2.45) is 0 Å². The van der Waals surface area contributed by atoms with Gasteiger partial charge in [0, 0.05) is 29.6 Å². The highest BCUT2D eigenvalue weighted by atomic mass is 32.2. The second kappa shape index (κ2) is 10.3. The van der Waals surface area contributed by atoms with Gasteiger partial charge in [0.15, 0.2) is 9.84 Å². The molecule has 2 aromatic heterocycles. The maximum absolute atomic E-state index is 13.4. The van der Waals surface area contributed by atoms with Gasteiger partial charge in [0.1, 0.15) is 22.2 Å². The first-order valence-electron chi connectivity index (χ1n) is 11.4. The summed E-state index contributed by atoms with van der Waals surface area (Å²) in [5.74, 6) is 6.11. The molecule has 0 saturated carbocycles. The first-order chi connectivity index (χ1) is 17.3. The number of benzene rings is 1. The highest BCUT2D eigenvalue weighted by Gasteiger charge is 2.30. The van der Waals surface area contributed by atoms with E-state index >= 15 is 0 Å². The number of nitrogens with zero attached hydrogens (tertiary/aromatic N) is 2. The lowest BCUT2D eigenvalue weighted by atomic mass is 10.1. The largest absolute Gasteiger partial charge is 0.406 e. The summed E-state index contributed by atoms with van der Waals surface area (Å²) in [6, 6.07) is 9.38. The Morgan fingerprint density at radius 2 is 1.89 bits per heavy atom. The van der Waals surface area contributed by atoms with Gasteiger partial charge in [-0.1, -0.05) is 12.0 Å². The summed E-state index contributed by atoms with van der Waals surface area (Å²) in [6.45, 7) is -1.14. The highest BCUT2D eigenvalue weighted by Crippen LogP contribution is 2.31. The van der Waals surface area contributed by atoms with E-state index in [-0.39, 0.29) is 34.7 Å². The fourth-order valence-corrected chi connectivity index (χ4v) is 6.14. The molecule has 1 fully saturated rings. The summed E-state index contributed by atoms with van der Waals surface area (Å²) in [5, 5.41) is 6.76. The second-order valence-corrected chi connectivity index (χ2v) is 13.2. The predicted molar refractivity (Wildman–Crippen MR) is 136 cm³/mol. The van der Waals surface area contributed by atoms with Gasteiger partial charge in [0.25, 0.3) is 0 Å². The summed E-state index contributed by atoms with van der Waals surface area (Å²) in [6.07, 6.45) is -1.32. The van der Waals surface area contributed by atoms with Crippen LogP contribution in [0.3, 0.4) is 0 Å². The summed E-state index contributed by atoms with van der Waals surface area (Å²) in [4.78, 5) is 4.08. The molecule has 1 saturated heterocycles. The Morgan fingerprint density at radius 1 is 1.16 bits per heavy atom. The minimum Gasteiger partial charge on any atom is -0.382 e. The van der Waals surface area contributed by atoms with Crippen LogP contribution in [-0.2, 0) is 26.2 Å². The van der Waals surface area contributed by atoms with Crippen molar-refractivity contribution in [3.05, 3.63) is 48.3 Å². The molecule has 2 N–H and O–H groups in total. The Kier molecular flexibility index (Phi) is 7.43. The van der Waals surface area contributed by atoms with Crippen molar-refractivity contribution in [3.8, 4) is 11.8 Å². The van der Waals surface area contributed by atoms with E-state index in [1.807, 2.05) is 0 Å². The molecule has 0 spiro atoms. The van der Waals surface area contributed by atoms with Crippen molar-refractivity contribution < 1.29 is 30.0 Å². The maximum atomic E-state index is 13.4. The van der Waals surface area contributed by atoms with Crippen LogP contribution in [0.1, 0.15) is 18.5 Å². The van der Waals surface area contributed by atoms with Gasteiger partial charge in [-0.3, -0.25) is 0 Å². The van der Waals surface area contributed by atoms with Gasteiger partial charge >= 0.3 is 6.18 Å². The minimum absolute atomic E-state index is 0.0695. The van der Waals surface area contributed by atoms with E-state index in [9.17, 15) is 30.0 Å². The standard InChI is InChI=1S/C24H25F3N4O4S2/c1-36(32,33)19-7-8-23(29-15-19)28-11-3-4-18-14-20-21(30-17-9-12-37(34,35)13-10-17)5-2-6-22(20)31(18)16-24(25,26)27/h2,5-8,14-15,17,30H,9-13,16H2,1H3,(H,28,29). The highest BCUT2D eigenvalue weighted by molar-refractivity contribution is 7.91. The normalized spacial score (nSPS) is 16.2. The average Bonchev–Trinajstić information content (AvgIpc) is 3.14. The van der Waals surface area contributed by atoms with Gasteiger partial charge in [-0.05, 0) is 49.1 Å². The monoisotopic (exact) mass is 554 g/mol. The zero-order valence-electron chi connectivity index (χ0n) is 19.8. The van der Waals surface area contributed by atoms with E-state index in [2.05, 4.69) is 27.5 Å². The molecule has 198 valence electrons. The van der Waals surface area contributed by atoms with E-state index in [4.69, 9.17) is 0 Å². The van der Waals surface area contributed by atoms with Crippen molar-refractivity contribution in [2.75, 3.05) is 34.9 Å². The number of pyridine rings is 1. The Balaban J connectivity index is 1.57. The first kappa shape index (κ1) is 26.8. The van der Waals surface area contributed by atoms with E-state index in [0.29, 0.717) is 35.2 Å². The van der Waals surface area contributed by atoms with Gasteiger partial charge in [-0.15, -0.1) is 0 Å². The molecule has 3 aromatic rings. The van der Waals surface area contributed by atoms with Crippen LogP contribution in [0.25, 0.3) is 10.9 Å². The van der Waals surface area contributed by atoms with Crippen molar-refractivity contribution >= 4 is 42.1 Å². The van der Waals surface area contributed by atoms with E-state index < -0.39 is 32.4 Å².